The van der Waals surface area contributed by atoms with Crippen LogP contribution in [0.15, 0.2) is 60.7 Å². The number of amides is 2. The maximum absolute atomic E-state index is 12.7. The summed E-state index contributed by atoms with van der Waals surface area (Å²) in [6, 6.07) is 20.8. The minimum Gasteiger partial charge on any atom is -0.381 e. The number of rotatable bonds is 8. The maximum atomic E-state index is 12.7. The first-order valence-electron chi connectivity index (χ1n) is 10.1. The average molecular weight is 382 g/mol. The van der Waals surface area contributed by atoms with E-state index < -0.39 is 0 Å². The molecule has 0 radical (unpaired) electrons. The van der Waals surface area contributed by atoms with Gasteiger partial charge < -0.3 is 19.9 Å². The van der Waals surface area contributed by atoms with Gasteiger partial charge in [0.1, 0.15) is 0 Å². The van der Waals surface area contributed by atoms with E-state index in [0.717, 1.165) is 32.5 Å². The lowest BCUT2D eigenvalue weighted by atomic mass is 10.0. The van der Waals surface area contributed by atoms with Gasteiger partial charge in [-0.05, 0) is 31.0 Å². The van der Waals surface area contributed by atoms with Gasteiger partial charge in [0.2, 0.25) is 0 Å². The Balaban J connectivity index is 1.37. The second-order valence-electron chi connectivity index (χ2n) is 7.32. The molecular formula is C23H31N3O2. The van der Waals surface area contributed by atoms with Gasteiger partial charge in [-0.3, -0.25) is 0 Å². The Morgan fingerprint density at radius 3 is 2.50 bits per heavy atom. The number of carbonyl (C=O) groups is 1. The third-order valence-corrected chi connectivity index (χ3v) is 5.15. The number of urea groups is 1. The van der Waals surface area contributed by atoms with Crippen LogP contribution in [0.3, 0.4) is 0 Å². The topological polar surface area (TPSA) is 44.8 Å². The van der Waals surface area contributed by atoms with Crippen molar-refractivity contribution >= 4 is 6.03 Å². The van der Waals surface area contributed by atoms with E-state index in [1.54, 1.807) is 0 Å². The van der Waals surface area contributed by atoms with Crippen molar-refractivity contribution in [2.75, 3.05) is 46.4 Å². The molecule has 5 heteroatoms. The predicted molar refractivity (Wildman–Crippen MR) is 112 cm³/mol. The zero-order chi connectivity index (χ0) is 19.6. The van der Waals surface area contributed by atoms with Crippen LogP contribution < -0.4 is 5.32 Å². The lowest BCUT2D eigenvalue weighted by Crippen LogP contribution is -2.52. The van der Waals surface area contributed by atoms with Crippen LogP contribution in [-0.2, 0) is 11.2 Å². The first-order chi connectivity index (χ1) is 13.7. The van der Waals surface area contributed by atoms with Gasteiger partial charge in [-0.1, -0.05) is 60.7 Å². The first-order valence-corrected chi connectivity index (χ1v) is 10.1. The minimum absolute atomic E-state index is 0.0197. The molecule has 0 aromatic heterocycles. The fourth-order valence-corrected chi connectivity index (χ4v) is 3.53. The highest BCUT2D eigenvalue weighted by atomic mass is 16.5. The van der Waals surface area contributed by atoms with Crippen molar-refractivity contribution in [2.45, 2.75) is 18.9 Å². The fraction of sp³-hybridized carbons (Fsp3) is 0.435. The average Bonchev–Trinajstić information content (AvgIpc) is 2.74. The Morgan fingerprint density at radius 2 is 1.75 bits per heavy atom. The molecule has 1 saturated heterocycles. The van der Waals surface area contributed by atoms with Crippen LogP contribution in [0.5, 0.6) is 0 Å². The van der Waals surface area contributed by atoms with Gasteiger partial charge >= 0.3 is 6.03 Å². The van der Waals surface area contributed by atoms with Crippen molar-refractivity contribution in [1.82, 2.24) is 15.1 Å². The van der Waals surface area contributed by atoms with E-state index in [9.17, 15) is 4.79 Å². The standard InChI is InChI=1S/C23H31N3O2/c1-25-15-16-26(22(19-25)21-11-6-3-7-12-21)23(27)24-14-8-17-28-18-13-20-9-4-2-5-10-20/h2-7,9-12,22H,8,13-19H2,1H3,(H,24,27). The molecule has 5 nitrogen and oxygen atoms in total. The van der Waals surface area contributed by atoms with Gasteiger partial charge in [0.05, 0.1) is 12.6 Å². The Kier molecular flexibility index (Phi) is 7.88. The van der Waals surface area contributed by atoms with E-state index in [2.05, 4.69) is 41.5 Å². The molecule has 0 spiro atoms. The van der Waals surface area contributed by atoms with Crippen LogP contribution in [0.4, 0.5) is 4.79 Å². The number of hydrogen-bond donors (Lipinski definition) is 1. The van der Waals surface area contributed by atoms with E-state index in [1.807, 2.05) is 41.3 Å². The number of carbonyl (C=O) groups excluding carboxylic acids is 1. The van der Waals surface area contributed by atoms with Crippen molar-refractivity contribution in [3.05, 3.63) is 71.8 Å². The molecule has 28 heavy (non-hydrogen) atoms. The SMILES string of the molecule is CN1CCN(C(=O)NCCCOCCc2ccccc2)C(c2ccccc2)C1. The quantitative estimate of drug-likeness (QED) is 0.714. The third kappa shape index (κ3) is 6.08. The summed E-state index contributed by atoms with van der Waals surface area (Å²) in [4.78, 5) is 17.0. The molecule has 1 atom stereocenters. The number of nitrogens with one attached hydrogen (secondary N) is 1. The second-order valence-corrected chi connectivity index (χ2v) is 7.32. The Bertz CT molecular complexity index is 708. The molecule has 2 amide bonds. The van der Waals surface area contributed by atoms with Crippen LogP contribution in [0.2, 0.25) is 0 Å². The molecule has 1 aliphatic rings. The largest absolute Gasteiger partial charge is 0.381 e. The van der Waals surface area contributed by atoms with Gasteiger partial charge in [0.15, 0.2) is 0 Å². The van der Waals surface area contributed by atoms with E-state index in [0.29, 0.717) is 19.8 Å². The molecule has 150 valence electrons. The van der Waals surface area contributed by atoms with Crippen LogP contribution in [0.1, 0.15) is 23.6 Å². The molecule has 1 N–H and O–H groups in total. The Labute approximate surface area is 168 Å². The Hall–Kier alpha value is -2.37. The molecule has 1 unspecified atom stereocenters. The van der Waals surface area contributed by atoms with Crippen LogP contribution in [-0.4, -0.2) is 62.3 Å². The molecular weight excluding hydrogens is 350 g/mol. The van der Waals surface area contributed by atoms with Crippen molar-refractivity contribution in [3.8, 4) is 0 Å². The summed E-state index contributed by atoms with van der Waals surface area (Å²) in [5, 5.41) is 3.06. The van der Waals surface area contributed by atoms with Crippen molar-refractivity contribution in [2.24, 2.45) is 0 Å². The highest BCUT2D eigenvalue weighted by molar-refractivity contribution is 5.75. The molecule has 1 fully saturated rings. The number of likely N-dealkylation sites (N-methyl/N-ethyl adjacent to an activating group) is 1. The molecule has 0 aliphatic carbocycles. The Morgan fingerprint density at radius 1 is 1.04 bits per heavy atom. The summed E-state index contributed by atoms with van der Waals surface area (Å²) < 4.78 is 5.70. The fourth-order valence-electron chi connectivity index (χ4n) is 3.53. The molecule has 0 saturated carbocycles. The lowest BCUT2D eigenvalue weighted by Gasteiger charge is -2.40. The summed E-state index contributed by atoms with van der Waals surface area (Å²) in [6.45, 7) is 4.53. The molecule has 1 aliphatic heterocycles. The van der Waals surface area contributed by atoms with E-state index in [1.165, 1.54) is 11.1 Å². The monoisotopic (exact) mass is 381 g/mol. The molecule has 1 heterocycles. The van der Waals surface area contributed by atoms with Crippen molar-refractivity contribution in [1.29, 1.82) is 0 Å². The second kappa shape index (κ2) is 10.8. The number of ether oxygens (including phenoxy) is 1. The van der Waals surface area contributed by atoms with Crippen molar-refractivity contribution < 1.29 is 9.53 Å². The number of benzene rings is 2. The van der Waals surface area contributed by atoms with E-state index in [4.69, 9.17) is 4.74 Å². The molecule has 0 bridgehead atoms. The molecule has 3 rings (SSSR count). The van der Waals surface area contributed by atoms with Gasteiger partial charge in [-0.2, -0.15) is 0 Å². The number of piperazine rings is 1. The lowest BCUT2D eigenvalue weighted by molar-refractivity contribution is 0.107. The van der Waals surface area contributed by atoms with Gasteiger partial charge in [0.25, 0.3) is 0 Å². The van der Waals surface area contributed by atoms with Crippen LogP contribution in [0, 0.1) is 0 Å². The maximum Gasteiger partial charge on any atom is 0.318 e. The smallest absolute Gasteiger partial charge is 0.318 e. The van der Waals surface area contributed by atoms with Gasteiger partial charge in [-0.25, -0.2) is 4.79 Å². The molecule has 2 aromatic carbocycles. The number of nitrogens with zero attached hydrogens (tertiary/aromatic N) is 2. The number of hydrogen-bond acceptors (Lipinski definition) is 3. The highest BCUT2D eigenvalue weighted by Crippen LogP contribution is 2.24. The van der Waals surface area contributed by atoms with Crippen LogP contribution >= 0.6 is 0 Å². The van der Waals surface area contributed by atoms with Crippen molar-refractivity contribution in [3.63, 3.8) is 0 Å². The van der Waals surface area contributed by atoms with Gasteiger partial charge in [0, 0.05) is 32.8 Å². The zero-order valence-corrected chi connectivity index (χ0v) is 16.7. The van der Waals surface area contributed by atoms with Gasteiger partial charge in [-0.15, -0.1) is 0 Å². The van der Waals surface area contributed by atoms with E-state index >= 15 is 0 Å². The summed E-state index contributed by atoms with van der Waals surface area (Å²) in [5.41, 5.74) is 2.48. The summed E-state index contributed by atoms with van der Waals surface area (Å²) in [5.74, 6) is 0. The van der Waals surface area contributed by atoms with Crippen LogP contribution in [0.25, 0.3) is 0 Å². The minimum atomic E-state index is 0.0197. The highest BCUT2D eigenvalue weighted by Gasteiger charge is 2.29. The predicted octanol–water partition coefficient (Wildman–Crippen LogP) is 3.33. The molecule has 2 aromatic rings. The summed E-state index contributed by atoms with van der Waals surface area (Å²) in [6.07, 6.45) is 1.75. The first kappa shape index (κ1) is 20.4. The summed E-state index contributed by atoms with van der Waals surface area (Å²) >= 11 is 0. The zero-order valence-electron chi connectivity index (χ0n) is 16.7. The third-order valence-electron chi connectivity index (χ3n) is 5.15. The summed E-state index contributed by atoms with van der Waals surface area (Å²) in [7, 11) is 2.11. The van der Waals surface area contributed by atoms with E-state index in [-0.39, 0.29) is 12.1 Å². The normalized spacial score (nSPS) is 17.5.